The first-order valence-corrected chi connectivity index (χ1v) is 5.44. The predicted molar refractivity (Wildman–Crippen MR) is 55.9 cm³/mol. The Balaban J connectivity index is 2.84. The largest absolute Gasteiger partial charge is 0.393 e. The number of hydrogen-bond donors (Lipinski definition) is 1. The SMILES string of the molecule is COCCCCCCCCC(C)O. The molecule has 0 heterocycles. The molecule has 80 valence electrons. The van der Waals surface area contributed by atoms with E-state index in [-0.39, 0.29) is 6.10 Å². The van der Waals surface area contributed by atoms with E-state index in [1.54, 1.807) is 7.11 Å². The van der Waals surface area contributed by atoms with Crippen molar-refractivity contribution in [2.45, 2.75) is 58.0 Å². The number of aliphatic hydroxyl groups excluding tert-OH is 1. The summed E-state index contributed by atoms with van der Waals surface area (Å²) < 4.78 is 4.97. The smallest absolute Gasteiger partial charge is 0.0512 e. The third-order valence-electron chi connectivity index (χ3n) is 2.22. The van der Waals surface area contributed by atoms with Crippen molar-refractivity contribution in [3.63, 3.8) is 0 Å². The minimum absolute atomic E-state index is 0.117. The minimum Gasteiger partial charge on any atom is -0.393 e. The van der Waals surface area contributed by atoms with E-state index in [9.17, 15) is 0 Å². The van der Waals surface area contributed by atoms with Crippen LogP contribution < -0.4 is 0 Å². The molecule has 0 fully saturated rings. The maximum Gasteiger partial charge on any atom is 0.0512 e. The molecule has 0 aliphatic heterocycles. The molecule has 0 aliphatic rings. The van der Waals surface area contributed by atoms with Gasteiger partial charge in [-0.2, -0.15) is 0 Å². The summed E-state index contributed by atoms with van der Waals surface area (Å²) in [6.45, 7) is 2.76. The zero-order chi connectivity index (χ0) is 9.94. The molecule has 0 rings (SSSR count). The molecule has 0 aliphatic carbocycles. The van der Waals surface area contributed by atoms with Crippen LogP contribution in [0.1, 0.15) is 51.9 Å². The van der Waals surface area contributed by atoms with Gasteiger partial charge in [0.2, 0.25) is 0 Å². The van der Waals surface area contributed by atoms with E-state index in [4.69, 9.17) is 9.84 Å². The average Bonchev–Trinajstić information content (AvgIpc) is 2.09. The Morgan fingerprint density at radius 1 is 1.00 bits per heavy atom. The van der Waals surface area contributed by atoms with E-state index in [0.29, 0.717) is 0 Å². The standard InChI is InChI=1S/C11H24O2/c1-11(12)9-7-5-3-4-6-8-10-13-2/h11-12H,3-10H2,1-2H3. The number of rotatable bonds is 9. The Hall–Kier alpha value is -0.0800. The molecule has 0 bridgehead atoms. The van der Waals surface area contributed by atoms with Crippen molar-refractivity contribution in [1.82, 2.24) is 0 Å². The summed E-state index contributed by atoms with van der Waals surface area (Å²) in [5.74, 6) is 0. The lowest BCUT2D eigenvalue weighted by molar-refractivity contribution is 0.179. The second-order valence-electron chi connectivity index (χ2n) is 3.75. The van der Waals surface area contributed by atoms with Gasteiger partial charge in [0.05, 0.1) is 6.10 Å². The fourth-order valence-electron chi connectivity index (χ4n) is 1.39. The van der Waals surface area contributed by atoms with Gasteiger partial charge >= 0.3 is 0 Å². The van der Waals surface area contributed by atoms with Crippen LogP contribution in [-0.4, -0.2) is 24.9 Å². The molecular formula is C11H24O2. The maximum absolute atomic E-state index is 9.01. The first-order chi connectivity index (χ1) is 6.27. The van der Waals surface area contributed by atoms with Crippen LogP contribution in [0.4, 0.5) is 0 Å². The first-order valence-electron chi connectivity index (χ1n) is 5.44. The van der Waals surface area contributed by atoms with Gasteiger partial charge in [-0.3, -0.25) is 0 Å². The van der Waals surface area contributed by atoms with E-state index in [1.165, 1.54) is 38.5 Å². The summed E-state index contributed by atoms with van der Waals surface area (Å²) in [6, 6.07) is 0. The van der Waals surface area contributed by atoms with Crippen LogP contribution in [0.15, 0.2) is 0 Å². The highest BCUT2D eigenvalue weighted by atomic mass is 16.5. The zero-order valence-corrected chi connectivity index (χ0v) is 9.09. The van der Waals surface area contributed by atoms with Gasteiger partial charge in [-0.1, -0.05) is 32.1 Å². The average molecular weight is 188 g/mol. The lowest BCUT2D eigenvalue weighted by atomic mass is 10.1. The molecule has 0 saturated carbocycles. The van der Waals surface area contributed by atoms with Crippen LogP contribution >= 0.6 is 0 Å². The van der Waals surface area contributed by atoms with Gasteiger partial charge in [-0.15, -0.1) is 0 Å². The van der Waals surface area contributed by atoms with Gasteiger partial charge in [0, 0.05) is 13.7 Å². The summed E-state index contributed by atoms with van der Waals surface area (Å²) in [7, 11) is 1.75. The van der Waals surface area contributed by atoms with E-state index in [2.05, 4.69) is 0 Å². The van der Waals surface area contributed by atoms with E-state index >= 15 is 0 Å². The van der Waals surface area contributed by atoms with Gasteiger partial charge in [0.1, 0.15) is 0 Å². The normalized spacial score (nSPS) is 13.2. The van der Waals surface area contributed by atoms with Crippen LogP contribution in [0.25, 0.3) is 0 Å². The fourth-order valence-corrected chi connectivity index (χ4v) is 1.39. The van der Waals surface area contributed by atoms with Crippen LogP contribution in [-0.2, 0) is 4.74 Å². The quantitative estimate of drug-likeness (QED) is 0.564. The monoisotopic (exact) mass is 188 g/mol. The van der Waals surface area contributed by atoms with Gasteiger partial charge in [0.15, 0.2) is 0 Å². The molecule has 0 radical (unpaired) electrons. The molecule has 0 spiro atoms. The third kappa shape index (κ3) is 11.9. The van der Waals surface area contributed by atoms with Crippen molar-refractivity contribution in [2.75, 3.05) is 13.7 Å². The van der Waals surface area contributed by atoms with Crippen molar-refractivity contribution in [3.8, 4) is 0 Å². The molecule has 0 saturated heterocycles. The van der Waals surface area contributed by atoms with E-state index in [0.717, 1.165) is 13.0 Å². The van der Waals surface area contributed by atoms with Crippen molar-refractivity contribution < 1.29 is 9.84 Å². The Labute approximate surface area is 82.3 Å². The van der Waals surface area contributed by atoms with Crippen molar-refractivity contribution >= 4 is 0 Å². The summed E-state index contributed by atoms with van der Waals surface area (Å²) in [6.07, 6.45) is 8.35. The molecular weight excluding hydrogens is 164 g/mol. The lowest BCUT2D eigenvalue weighted by Gasteiger charge is -2.03. The number of hydrogen-bond acceptors (Lipinski definition) is 2. The molecule has 0 aromatic rings. The van der Waals surface area contributed by atoms with Gasteiger partial charge < -0.3 is 9.84 Å². The van der Waals surface area contributed by atoms with Crippen LogP contribution in [0, 0.1) is 0 Å². The number of aliphatic hydroxyl groups is 1. The molecule has 2 nitrogen and oxygen atoms in total. The van der Waals surface area contributed by atoms with Crippen molar-refractivity contribution in [3.05, 3.63) is 0 Å². The van der Waals surface area contributed by atoms with Gasteiger partial charge in [-0.05, 0) is 19.8 Å². The van der Waals surface area contributed by atoms with Crippen LogP contribution in [0.5, 0.6) is 0 Å². The first kappa shape index (κ1) is 12.9. The number of methoxy groups -OCH3 is 1. The summed E-state index contributed by atoms with van der Waals surface area (Å²) in [5.41, 5.74) is 0. The Morgan fingerprint density at radius 2 is 1.54 bits per heavy atom. The highest BCUT2D eigenvalue weighted by Crippen LogP contribution is 2.08. The Bertz CT molecular complexity index is 92.1. The molecule has 13 heavy (non-hydrogen) atoms. The van der Waals surface area contributed by atoms with E-state index in [1.807, 2.05) is 6.92 Å². The molecule has 1 unspecified atom stereocenters. The second kappa shape index (κ2) is 10.0. The summed E-state index contributed by atoms with van der Waals surface area (Å²) in [5, 5.41) is 9.01. The fraction of sp³-hybridized carbons (Fsp3) is 1.00. The number of unbranched alkanes of at least 4 members (excludes halogenated alkanes) is 5. The molecule has 1 atom stereocenters. The summed E-state index contributed by atoms with van der Waals surface area (Å²) >= 11 is 0. The highest BCUT2D eigenvalue weighted by molar-refractivity contribution is 4.49. The molecule has 0 aromatic carbocycles. The predicted octanol–water partition coefficient (Wildman–Crippen LogP) is 2.74. The number of ether oxygens (including phenoxy) is 1. The van der Waals surface area contributed by atoms with Gasteiger partial charge in [0.25, 0.3) is 0 Å². The van der Waals surface area contributed by atoms with Crippen molar-refractivity contribution in [2.24, 2.45) is 0 Å². The molecule has 2 heteroatoms. The lowest BCUT2D eigenvalue weighted by Crippen LogP contribution is -1.98. The van der Waals surface area contributed by atoms with Gasteiger partial charge in [-0.25, -0.2) is 0 Å². The molecule has 0 aromatic heterocycles. The molecule has 0 amide bonds. The van der Waals surface area contributed by atoms with Crippen molar-refractivity contribution in [1.29, 1.82) is 0 Å². The van der Waals surface area contributed by atoms with E-state index < -0.39 is 0 Å². The third-order valence-corrected chi connectivity index (χ3v) is 2.22. The zero-order valence-electron chi connectivity index (χ0n) is 9.09. The summed E-state index contributed by atoms with van der Waals surface area (Å²) in [4.78, 5) is 0. The second-order valence-corrected chi connectivity index (χ2v) is 3.75. The van der Waals surface area contributed by atoms with Crippen LogP contribution in [0.2, 0.25) is 0 Å². The minimum atomic E-state index is -0.117. The topological polar surface area (TPSA) is 29.5 Å². The van der Waals surface area contributed by atoms with Crippen LogP contribution in [0.3, 0.4) is 0 Å². The highest BCUT2D eigenvalue weighted by Gasteiger charge is 1.95. The molecule has 1 N–H and O–H groups in total. The Morgan fingerprint density at radius 3 is 2.08 bits per heavy atom. The maximum atomic E-state index is 9.01. The Kier molecular flexibility index (Phi) is 9.94.